The standard InChI is InChI=1S/C25H17N3O3/c1-13-15-7-3-5-9-17(15)28-23-20(13)24(30)22-21(25(23)31)19(11-12-26-22)27-18-10-6-4-8-16(18)14(2)29/h3-12H,1-2H3,(H,26,27). The van der Waals surface area contributed by atoms with Crippen LogP contribution in [-0.4, -0.2) is 27.3 Å². The van der Waals surface area contributed by atoms with Crippen LogP contribution in [0.5, 0.6) is 0 Å². The molecule has 150 valence electrons. The van der Waals surface area contributed by atoms with Gasteiger partial charge in [-0.2, -0.15) is 0 Å². The van der Waals surface area contributed by atoms with Crippen molar-refractivity contribution < 1.29 is 14.4 Å². The highest BCUT2D eigenvalue weighted by atomic mass is 16.1. The molecule has 1 N–H and O–H groups in total. The molecule has 0 unspecified atom stereocenters. The molecule has 6 nitrogen and oxygen atoms in total. The first kappa shape index (κ1) is 18.8. The van der Waals surface area contributed by atoms with Crippen molar-refractivity contribution in [3.63, 3.8) is 0 Å². The highest BCUT2D eigenvalue weighted by molar-refractivity contribution is 6.30. The zero-order valence-electron chi connectivity index (χ0n) is 16.9. The van der Waals surface area contributed by atoms with Gasteiger partial charge in [0.15, 0.2) is 5.78 Å². The van der Waals surface area contributed by atoms with Crippen molar-refractivity contribution >= 4 is 39.6 Å². The van der Waals surface area contributed by atoms with E-state index in [2.05, 4.69) is 15.3 Å². The van der Waals surface area contributed by atoms with Crippen molar-refractivity contribution in [2.24, 2.45) is 0 Å². The van der Waals surface area contributed by atoms with E-state index >= 15 is 0 Å². The SMILES string of the molecule is CC(=O)c1ccccc1Nc1ccnc2c1C(=O)c1nc3ccccc3c(C)c1C2=O. The number of ketones is 3. The van der Waals surface area contributed by atoms with Crippen LogP contribution in [0.2, 0.25) is 0 Å². The Morgan fingerprint density at radius 3 is 2.35 bits per heavy atom. The summed E-state index contributed by atoms with van der Waals surface area (Å²) in [5.41, 5.74) is 3.50. The molecule has 2 aromatic carbocycles. The molecule has 0 fully saturated rings. The number of fused-ring (bicyclic) bond motifs is 3. The number of para-hydroxylation sites is 2. The minimum atomic E-state index is -0.366. The van der Waals surface area contributed by atoms with E-state index in [0.29, 0.717) is 33.6 Å². The number of Topliss-reactive ketones (excluding diaryl/α,β-unsaturated/α-hetero) is 1. The van der Waals surface area contributed by atoms with Gasteiger partial charge in [-0.15, -0.1) is 0 Å². The zero-order valence-corrected chi connectivity index (χ0v) is 16.9. The summed E-state index contributed by atoms with van der Waals surface area (Å²) in [7, 11) is 0. The Hall–Kier alpha value is -4.19. The number of hydrogen-bond donors (Lipinski definition) is 1. The van der Waals surface area contributed by atoms with Gasteiger partial charge >= 0.3 is 0 Å². The number of aromatic nitrogens is 2. The van der Waals surface area contributed by atoms with Crippen LogP contribution >= 0.6 is 0 Å². The summed E-state index contributed by atoms with van der Waals surface area (Å²) in [6.07, 6.45) is 1.48. The molecule has 1 aliphatic rings. The number of nitrogens with one attached hydrogen (secondary N) is 1. The van der Waals surface area contributed by atoms with Crippen molar-refractivity contribution in [3.05, 3.63) is 94.4 Å². The van der Waals surface area contributed by atoms with Gasteiger partial charge in [0, 0.05) is 22.8 Å². The quantitative estimate of drug-likeness (QED) is 0.438. The Kier molecular flexibility index (Phi) is 4.22. The van der Waals surface area contributed by atoms with Crippen LogP contribution < -0.4 is 5.32 Å². The predicted octanol–water partition coefficient (Wildman–Crippen LogP) is 4.66. The maximum absolute atomic E-state index is 13.5. The molecule has 31 heavy (non-hydrogen) atoms. The fourth-order valence-corrected chi connectivity index (χ4v) is 4.07. The Morgan fingerprint density at radius 2 is 1.55 bits per heavy atom. The molecule has 0 radical (unpaired) electrons. The van der Waals surface area contributed by atoms with Crippen molar-refractivity contribution in [3.8, 4) is 0 Å². The summed E-state index contributed by atoms with van der Waals surface area (Å²) in [5.74, 6) is -0.805. The van der Waals surface area contributed by atoms with Crippen LogP contribution in [0.3, 0.4) is 0 Å². The molecule has 2 aromatic heterocycles. The Morgan fingerprint density at radius 1 is 0.839 bits per heavy atom. The van der Waals surface area contributed by atoms with Crippen molar-refractivity contribution in [2.45, 2.75) is 13.8 Å². The molecular formula is C25H17N3O3. The van der Waals surface area contributed by atoms with Crippen LogP contribution in [0.1, 0.15) is 54.9 Å². The second kappa shape index (κ2) is 6.95. The maximum atomic E-state index is 13.5. The topological polar surface area (TPSA) is 89.0 Å². The van der Waals surface area contributed by atoms with E-state index in [1.165, 1.54) is 13.1 Å². The van der Waals surface area contributed by atoms with Crippen LogP contribution in [-0.2, 0) is 0 Å². The Balaban J connectivity index is 1.70. The maximum Gasteiger partial charge on any atom is 0.216 e. The number of aryl methyl sites for hydroxylation is 1. The second-order valence-electron chi connectivity index (χ2n) is 7.44. The summed E-state index contributed by atoms with van der Waals surface area (Å²) >= 11 is 0. The summed E-state index contributed by atoms with van der Waals surface area (Å²) in [4.78, 5) is 47.6. The Labute approximate surface area is 178 Å². The van der Waals surface area contributed by atoms with Crippen molar-refractivity contribution in [1.82, 2.24) is 9.97 Å². The summed E-state index contributed by atoms with van der Waals surface area (Å²) < 4.78 is 0. The smallest absolute Gasteiger partial charge is 0.216 e. The van der Waals surface area contributed by atoms with Gasteiger partial charge in [0.1, 0.15) is 11.4 Å². The monoisotopic (exact) mass is 407 g/mol. The lowest BCUT2D eigenvalue weighted by atomic mass is 9.85. The lowest BCUT2D eigenvalue weighted by Crippen LogP contribution is -2.26. The lowest BCUT2D eigenvalue weighted by Gasteiger charge is -2.22. The molecule has 4 aromatic rings. The van der Waals surface area contributed by atoms with E-state index in [1.807, 2.05) is 31.2 Å². The lowest BCUT2D eigenvalue weighted by molar-refractivity contribution is 0.0972. The van der Waals surface area contributed by atoms with Crippen LogP contribution in [0, 0.1) is 6.92 Å². The van der Waals surface area contributed by atoms with Gasteiger partial charge in [-0.3, -0.25) is 19.4 Å². The fourth-order valence-electron chi connectivity index (χ4n) is 4.07. The molecule has 5 rings (SSSR count). The molecule has 0 aliphatic heterocycles. The largest absolute Gasteiger partial charge is 0.354 e. The highest BCUT2D eigenvalue weighted by Crippen LogP contribution is 2.35. The third-order valence-corrected chi connectivity index (χ3v) is 5.56. The van der Waals surface area contributed by atoms with Gasteiger partial charge < -0.3 is 5.32 Å². The van der Waals surface area contributed by atoms with Crippen molar-refractivity contribution in [2.75, 3.05) is 5.32 Å². The van der Waals surface area contributed by atoms with E-state index in [-0.39, 0.29) is 34.3 Å². The average Bonchev–Trinajstić information content (AvgIpc) is 2.77. The first-order valence-electron chi connectivity index (χ1n) is 9.82. The molecule has 0 saturated heterocycles. The van der Waals surface area contributed by atoms with Crippen molar-refractivity contribution in [1.29, 1.82) is 0 Å². The fraction of sp³-hybridized carbons (Fsp3) is 0.0800. The van der Waals surface area contributed by atoms with E-state index < -0.39 is 0 Å². The first-order chi connectivity index (χ1) is 15.0. The van der Waals surface area contributed by atoms with Gasteiger partial charge in [0.2, 0.25) is 11.6 Å². The van der Waals surface area contributed by atoms with Gasteiger partial charge in [-0.25, -0.2) is 4.98 Å². The average molecular weight is 407 g/mol. The molecule has 0 bridgehead atoms. The molecular weight excluding hydrogens is 390 g/mol. The highest BCUT2D eigenvalue weighted by Gasteiger charge is 2.36. The molecule has 0 amide bonds. The minimum Gasteiger partial charge on any atom is -0.354 e. The van der Waals surface area contributed by atoms with Gasteiger partial charge in [-0.1, -0.05) is 30.3 Å². The number of nitrogens with zero attached hydrogens (tertiary/aromatic N) is 2. The van der Waals surface area contributed by atoms with Crippen LogP contribution in [0.15, 0.2) is 60.8 Å². The molecule has 0 saturated carbocycles. The molecule has 0 spiro atoms. The summed E-state index contributed by atoms with van der Waals surface area (Å²) in [6, 6.07) is 16.1. The third kappa shape index (κ3) is 2.84. The molecule has 2 heterocycles. The number of carbonyl (C=O) groups excluding carboxylic acids is 3. The number of carbonyl (C=O) groups is 3. The summed E-state index contributed by atoms with van der Waals surface area (Å²) in [5, 5.41) is 3.98. The third-order valence-electron chi connectivity index (χ3n) is 5.56. The second-order valence-corrected chi connectivity index (χ2v) is 7.44. The number of hydrogen-bond acceptors (Lipinski definition) is 6. The van der Waals surface area contributed by atoms with Gasteiger partial charge in [0.05, 0.1) is 22.3 Å². The van der Waals surface area contributed by atoms with Gasteiger partial charge in [0.25, 0.3) is 0 Å². The first-order valence-corrected chi connectivity index (χ1v) is 9.82. The normalized spacial score (nSPS) is 12.5. The van der Waals surface area contributed by atoms with Crippen LogP contribution in [0.25, 0.3) is 10.9 Å². The number of benzene rings is 2. The molecule has 0 atom stereocenters. The predicted molar refractivity (Wildman–Crippen MR) is 117 cm³/mol. The van der Waals surface area contributed by atoms with E-state index in [0.717, 1.165) is 5.39 Å². The van der Waals surface area contributed by atoms with E-state index in [1.54, 1.807) is 30.3 Å². The minimum absolute atomic E-state index is 0.0861. The number of rotatable bonds is 3. The number of pyridine rings is 2. The summed E-state index contributed by atoms with van der Waals surface area (Å²) in [6.45, 7) is 3.30. The Bertz CT molecular complexity index is 1440. The molecule has 6 heteroatoms. The zero-order chi connectivity index (χ0) is 21.7. The molecule has 1 aliphatic carbocycles. The number of anilines is 2. The van der Waals surface area contributed by atoms with E-state index in [9.17, 15) is 14.4 Å². The van der Waals surface area contributed by atoms with E-state index in [4.69, 9.17) is 0 Å². The van der Waals surface area contributed by atoms with Gasteiger partial charge in [-0.05, 0) is 43.7 Å². The van der Waals surface area contributed by atoms with Crippen LogP contribution in [0.4, 0.5) is 11.4 Å².